The molecule has 2 aromatic heterocycles. The van der Waals surface area contributed by atoms with Crippen LogP contribution in [0.15, 0.2) is 24.8 Å². The number of carbonyl (C=O) groups is 3. The van der Waals surface area contributed by atoms with Crippen LogP contribution in [0.4, 0.5) is 0 Å². The molecular weight excluding hydrogens is 330 g/mol. The minimum Gasteiger partial charge on any atom is -0.483 e. The maximum absolute atomic E-state index is 12.0. The predicted molar refractivity (Wildman–Crippen MR) is 89.0 cm³/mol. The Kier molecular flexibility index (Phi) is 10.7. The molecule has 0 saturated carbocycles. The average molecular weight is 353 g/mol. The number of rotatable bonds is 5. The summed E-state index contributed by atoms with van der Waals surface area (Å²) in [7, 11) is 1.95. The molecule has 0 radical (unpaired) electrons. The van der Waals surface area contributed by atoms with Gasteiger partial charge < -0.3 is 24.7 Å². The number of amides is 1. The molecule has 138 valence electrons. The number of carbonyl (C=O) groups excluding carboxylic acids is 1. The molecule has 0 spiro atoms. The van der Waals surface area contributed by atoms with Crippen LogP contribution in [-0.4, -0.2) is 54.7 Å². The van der Waals surface area contributed by atoms with Crippen molar-refractivity contribution in [2.24, 2.45) is 7.05 Å². The Balaban J connectivity index is 0.000000844. The molecule has 1 atom stereocenters. The molecule has 10 heteroatoms. The van der Waals surface area contributed by atoms with E-state index in [9.17, 15) is 4.79 Å². The maximum atomic E-state index is 12.0. The molecule has 25 heavy (non-hydrogen) atoms. The number of nitrogens with one attached hydrogen (secondary N) is 1. The zero-order valence-corrected chi connectivity index (χ0v) is 14.4. The molecule has 3 N–H and O–H groups in total. The van der Waals surface area contributed by atoms with Crippen LogP contribution < -0.4 is 5.32 Å². The van der Waals surface area contributed by atoms with E-state index in [4.69, 9.17) is 19.8 Å². The lowest BCUT2D eigenvalue weighted by atomic mass is 10.3. The van der Waals surface area contributed by atoms with Crippen molar-refractivity contribution in [3.05, 3.63) is 36.4 Å². The highest BCUT2D eigenvalue weighted by atomic mass is 16.3. The molecule has 0 saturated heterocycles. The minimum atomic E-state index is -0.250. The monoisotopic (exact) mass is 353 g/mol. The summed E-state index contributed by atoms with van der Waals surface area (Å²) in [5, 5.41) is 16.7. The molecule has 0 bridgehead atoms. The van der Waals surface area contributed by atoms with Crippen molar-refractivity contribution in [1.82, 2.24) is 24.4 Å². The number of hydrogen-bond donors (Lipinski definition) is 3. The average Bonchev–Trinajstić information content (AvgIpc) is 3.17. The Hall–Kier alpha value is -3.17. The highest BCUT2D eigenvalue weighted by Gasteiger charge is 2.15. The molecule has 0 aliphatic rings. The Morgan fingerprint density at radius 1 is 1.24 bits per heavy atom. The fraction of sp³-hybridized carbons (Fsp3) is 0.400. The first kappa shape index (κ1) is 21.8. The third-order valence-corrected chi connectivity index (χ3v) is 3.23. The number of aromatic nitrogens is 4. The van der Waals surface area contributed by atoms with Crippen LogP contribution >= 0.6 is 0 Å². The summed E-state index contributed by atoms with van der Waals surface area (Å²) in [5.74, 6) is 1.80. The van der Waals surface area contributed by atoms with Crippen molar-refractivity contribution in [3.63, 3.8) is 0 Å². The van der Waals surface area contributed by atoms with Crippen LogP contribution in [0.3, 0.4) is 0 Å². The van der Waals surface area contributed by atoms with Crippen molar-refractivity contribution in [3.8, 4) is 0 Å². The number of aryl methyl sites for hydroxylation is 2. The number of nitrogens with zero attached hydrogens (tertiary/aromatic N) is 4. The second kappa shape index (κ2) is 12.3. The molecule has 2 heterocycles. The van der Waals surface area contributed by atoms with Gasteiger partial charge >= 0.3 is 0 Å². The topological polar surface area (TPSA) is 139 Å². The van der Waals surface area contributed by atoms with E-state index in [1.165, 1.54) is 0 Å². The summed E-state index contributed by atoms with van der Waals surface area (Å²) in [6.45, 7) is 3.84. The van der Waals surface area contributed by atoms with Gasteiger partial charge in [-0.25, -0.2) is 9.97 Å². The van der Waals surface area contributed by atoms with Crippen molar-refractivity contribution < 1.29 is 24.6 Å². The summed E-state index contributed by atoms with van der Waals surface area (Å²) >= 11 is 0. The summed E-state index contributed by atoms with van der Waals surface area (Å²) in [4.78, 5) is 37.1. The van der Waals surface area contributed by atoms with E-state index >= 15 is 0 Å². The fourth-order valence-corrected chi connectivity index (χ4v) is 2.01. The Morgan fingerprint density at radius 2 is 1.80 bits per heavy atom. The quantitative estimate of drug-likeness (QED) is 0.654. The van der Waals surface area contributed by atoms with Gasteiger partial charge in [0.25, 0.3) is 12.9 Å². The lowest BCUT2D eigenvalue weighted by Gasteiger charge is -2.15. The first-order valence-electron chi connectivity index (χ1n) is 7.31. The summed E-state index contributed by atoms with van der Waals surface area (Å²) in [6, 6.07) is -0.246. The van der Waals surface area contributed by atoms with Gasteiger partial charge in [0.15, 0.2) is 0 Å². The van der Waals surface area contributed by atoms with Crippen LogP contribution in [0.5, 0.6) is 0 Å². The first-order valence-corrected chi connectivity index (χ1v) is 7.31. The summed E-state index contributed by atoms with van der Waals surface area (Å²) in [6.07, 6.45) is 7.90. The van der Waals surface area contributed by atoms with E-state index in [0.717, 1.165) is 18.1 Å². The highest BCUT2D eigenvalue weighted by molar-refractivity contribution is 5.79. The highest BCUT2D eigenvalue weighted by Crippen LogP contribution is 2.08. The summed E-state index contributed by atoms with van der Waals surface area (Å²) in [5.41, 5.74) is 0. The van der Waals surface area contributed by atoms with Gasteiger partial charge in [0.05, 0.1) is 0 Å². The number of imidazole rings is 2. The van der Waals surface area contributed by atoms with Gasteiger partial charge in [-0.1, -0.05) is 0 Å². The molecule has 0 fully saturated rings. The van der Waals surface area contributed by atoms with Gasteiger partial charge in [0.1, 0.15) is 17.7 Å². The van der Waals surface area contributed by atoms with Gasteiger partial charge in [-0.15, -0.1) is 0 Å². The smallest absolute Gasteiger partial charge is 0.290 e. The molecular formula is C15H23N5O5. The third-order valence-electron chi connectivity index (χ3n) is 3.23. The van der Waals surface area contributed by atoms with Crippen molar-refractivity contribution >= 4 is 18.9 Å². The lowest BCUT2D eigenvalue weighted by Crippen LogP contribution is -2.33. The molecule has 1 amide bonds. The zero-order chi connectivity index (χ0) is 19.2. The van der Waals surface area contributed by atoms with Gasteiger partial charge in [-0.2, -0.15) is 0 Å². The van der Waals surface area contributed by atoms with Crippen molar-refractivity contribution in [1.29, 1.82) is 0 Å². The molecule has 10 nitrogen and oxygen atoms in total. The number of hydrogen-bond acceptors (Lipinski definition) is 5. The standard InChI is InChI=1S/C13H19N5O.2CH2O2/c1-10(18-9-7-14-11(18)2)13(19)16-5-4-12-15-6-8-17(12)3;2*2-1-3/h6-10H,4-5H2,1-3H3,(H,16,19);2*1H,(H,2,3). The molecule has 0 aromatic carbocycles. The fourth-order valence-electron chi connectivity index (χ4n) is 2.01. The number of carboxylic acid groups (broad SMARTS) is 2. The van der Waals surface area contributed by atoms with E-state index in [1.54, 1.807) is 12.4 Å². The van der Waals surface area contributed by atoms with E-state index in [-0.39, 0.29) is 24.9 Å². The second-order valence-electron chi connectivity index (χ2n) is 4.76. The van der Waals surface area contributed by atoms with Crippen molar-refractivity contribution in [2.75, 3.05) is 6.54 Å². The molecule has 0 aliphatic heterocycles. The van der Waals surface area contributed by atoms with E-state index in [1.807, 2.05) is 42.4 Å². The van der Waals surface area contributed by atoms with Crippen LogP contribution in [0.2, 0.25) is 0 Å². The summed E-state index contributed by atoms with van der Waals surface area (Å²) < 4.78 is 3.81. The first-order chi connectivity index (χ1) is 11.9. The SMILES string of the molecule is Cc1nccn1C(C)C(=O)NCCc1nccn1C.O=CO.O=CO. The van der Waals surface area contributed by atoms with Gasteiger partial charge in [-0.3, -0.25) is 14.4 Å². The van der Waals surface area contributed by atoms with E-state index in [0.29, 0.717) is 6.54 Å². The Labute approximate surface area is 145 Å². The predicted octanol–water partition coefficient (Wildman–Crippen LogP) is 0.247. The zero-order valence-electron chi connectivity index (χ0n) is 14.4. The van der Waals surface area contributed by atoms with Gasteiger partial charge in [-0.05, 0) is 13.8 Å². The van der Waals surface area contributed by atoms with Crippen LogP contribution in [0, 0.1) is 6.92 Å². The van der Waals surface area contributed by atoms with Gasteiger partial charge in [0.2, 0.25) is 5.91 Å². The molecule has 2 aromatic rings. The molecule has 1 unspecified atom stereocenters. The molecule has 2 rings (SSSR count). The normalized spacial score (nSPS) is 10.4. The van der Waals surface area contributed by atoms with E-state index in [2.05, 4.69) is 15.3 Å². The van der Waals surface area contributed by atoms with Crippen molar-refractivity contribution in [2.45, 2.75) is 26.3 Å². The molecule has 0 aliphatic carbocycles. The van der Waals surface area contributed by atoms with Crippen LogP contribution in [0.1, 0.15) is 24.6 Å². The van der Waals surface area contributed by atoms with Gasteiger partial charge in [0, 0.05) is 44.8 Å². The maximum Gasteiger partial charge on any atom is 0.290 e. The largest absolute Gasteiger partial charge is 0.483 e. The Morgan fingerprint density at radius 3 is 2.24 bits per heavy atom. The van der Waals surface area contributed by atoms with E-state index < -0.39 is 0 Å². The third kappa shape index (κ3) is 7.77. The second-order valence-corrected chi connectivity index (χ2v) is 4.76. The Bertz CT molecular complexity index is 646. The van der Waals surface area contributed by atoms with Crippen LogP contribution in [0.25, 0.3) is 0 Å². The van der Waals surface area contributed by atoms with Crippen LogP contribution in [-0.2, 0) is 27.9 Å². The minimum absolute atomic E-state index is 0.00434. The lowest BCUT2D eigenvalue weighted by molar-refractivity contribution is -0.124.